The van der Waals surface area contributed by atoms with E-state index in [1.807, 2.05) is 36.4 Å². The summed E-state index contributed by atoms with van der Waals surface area (Å²) in [6.45, 7) is 3.39. The Morgan fingerprint density at radius 1 is 1.03 bits per heavy atom. The number of fused-ring (bicyclic) bond motifs is 1. The molecule has 1 fully saturated rings. The third kappa shape index (κ3) is 5.40. The number of benzene rings is 2. The van der Waals surface area contributed by atoms with Crippen LogP contribution in [0, 0.1) is 0 Å². The van der Waals surface area contributed by atoms with Crippen LogP contribution in [0.3, 0.4) is 0 Å². The molecule has 2 aromatic heterocycles. The molecule has 0 radical (unpaired) electrons. The number of rotatable bonds is 6. The van der Waals surface area contributed by atoms with Crippen molar-refractivity contribution in [1.82, 2.24) is 29.4 Å². The summed E-state index contributed by atoms with van der Waals surface area (Å²) in [6, 6.07) is 16.3. The fraction of sp³-hybridized carbons (Fsp3) is 0.240. The summed E-state index contributed by atoms with van der Waals surface area (Å²) in [5, 5.41) is 8.58. The number of nitrogens with two attached hydrogens (primary N) is 1. The largest absolute Gasteiger partial charge is 0.368 e. The van der Waals surface area contributed by atoms with Crippen molar-refractivity contribution in [3.05, 3.63) is 71.5 Å². The molecule has 1 saturated heterocycles. The molecule has 10 heteroatoms. The van der Waals surface area contributed by atoms with Crippen LogP contribution in [-0.4, -0.2) is 70.2 Å². The molecule has 180 valence electrons. The van der Waals surface area contributed by atoms with E-state index in [2.05, 4.69) is 49.3 Å². The molecule has 0 atom stereocenters. The van der Waals surface area contributed by atoms with Crippen LogP contribution in [0.5, 0.6) is 0 Å². The minimum atomic E-state index is -3.10. The van der Waals surface area contributed by atoms with Gasteiger partial charge in [0.1, 0.15) is 0 Å². The van der Waals surface area contributed by atoms with Crippen molar-refractivity contribution in [2.45, 2.75) is 6.54 Å². The summed E-state index contributed by atoms with van der Waals surface area (Å²) in [5.41, 5.74) is 11.5. The fourth-order valence-electron chi connectivity index (χ4n) is 4.25. The van der Waals surface area contributed by atoms with E-state index < -0.39 is 10.0 Å². The Balaban J connectivity index is 1.23. The zero-order valence-corrected chi connectivity index (χ0v) is 20.2. The smallest absolute Gasteiger partial charge is 0.220 e. The number of H-pyrrole nitrogens is 1. The van der Waals surface area contributed by atoms with E-state index in [1.54, 1.807) is 10.5 Å². The summed E-state index contributed by atoms with van der Waals surface area (Å²) in [4.78, 5) is 10.5. The quantitative estimate of drug-likeness (QED) is 0.427. The lowest BCUT2D eigenvalue weighted by Crippen LogP contribution is -2.47. The number of hydrogen-bond acceptors (Lipinski definition) is 7. The Hall–Kier alpha value is -3.60. The Kier molecular flexibility index (Phi) is 6.33. The first-order valence-electron chi connectivity index (χ1n) is 11.4. The van der Waals surface area contributed by atoms with Crippen molar-refractivity contribution in [2.75, 3.05) is 38.2 Å². The standard InChI is InChI=1S/C25H27N7O2S/c1-35(33,34)32-14-12-31(13-15-32)17-19-4-2-18(3-5-19)6-9-23-21-8-7-20(16-24(21)30-29-23)22-10-11-27-25(26)28-22/h2-11,16H,12-15,17H2,1H3,(H,29,30)(H2,26,27,28). The molecular formula is C25H27N7O2S. The predicted molar refractivity (Wildman–Crippen MR) is 139 cm³/mol. The number of piperazine rings is 1. The highest BCUT2D eigenvalue weighted by Gasteiger charge is 2.23. The van der Waals surface area contributed by atoms with Gasteiger partial charge in [-0.1, -0.05) is 36.4 Å². The average molecular weight is 490 g/mol. The molecule has 0 amide bonds. The van der Waals surface area contributed by atoms with Gasteiger partial charge >= 0.3 is 0 Å². The molecule has 4 aromatic rings. The molecule has 3 heterocycles. The first-order chi connectivity index (χ1) is 16.8. The topological polar surface area (TPSA) is 121 Å². The predicted octanol–water partition coefficient (Wildman–Crippen LogP) is 2.85. The highest BCUT2D eigenvalue weighted by Crippen LogP contribution is 2.25. The second kappa shape index (κ2) is 9.57. The summed E-state index contributed by atoms with van der Waals surface area (Å²) in [5.74, 6) is 0.247. The molecule has 1 aliphatic rings. The van der Waals surface area contributed by atoms with Crippen LogP contribution in [0.25, 0.3) is 34.3 Å². The molecule has 0 aliphatic carbocycles. The molecule has 0 spiro atoms. The van der Waals surface area contributed by atoms with Crippen molar-refractivity contribution < 1.29 is 8.42 Å². The molecule has 1 aliphatic heterocycles. The normalized spacial score (nSPS) is 15.8. The minimum Gasteiger partial charge on any atom is -0.368 e. The Morgan fingerprint density at radius 3 is 2.51 bits per heavy atom. The number of hydrogen-bond donors (Lipinski definition) is 2. The van der Waals surface area contributed by atoms with Gasteiger partial charge in [0.05, 0.1) is 23.2 Å². The molecule has 3 N–H and O–H groups in total. The minimum absolute atomic E-state index is 0.247. The highest BCUT2D eigenvalue weighted by atomic mass is 32.2. The maximum Gasteiger partial charge on any atom is 0.220 e. The lowest BCUT2D eigenvalue weighted by Gasteiger charge is -2.33. The van der Waals surface area contributed by atoms with Gasteiger partial charge in [0.2, 0.25) is 16.0 Å². The number of nitrogens with one attached hydrogen (secondary N) is 1. The van der Waals surface area contributed by atoms with Crippen LogP contribution in [0.4, 0.5) is 5.95 Å². The number of anilines is 1. The van der Waals surface area contributed by atoms with E-state index in [4.69, 9.17) is 5.73 Å². The van der Waals surface area contributed by atoms with Crippen molar-refractivity contribution >= 4 is 39.0 Å². The van der Waals surface area contributed by atoms with Crippen molar-refractivity contribution in [3.8, 4) is 11.3 Å². The molecule has 35 heavy (non-hydrogen) atoms. The van der Waals surface area contributed by atoms with Crippen LogP contribution in [0.15, 0.2) is 54.7 Å². The van der Waals surface area contributed by atoms with E-state index in [1.165, 1.54) is 11.8 Å². The van der Waals surface area contributed by atoms with Gasteiger partial charge in [-0.3, -0.25) is 10.00 Å². The first kappa shape index (κ1) is 23.2. The van der Waals surface area contributed by atoms with Gasteiger partial charge in [0.25, 0.3) is 0 Å². The number of aromatic nitrogens is 4. The Labute approximate surface area is 204 Å². The molecular weight excluding hydrogens is 462 g/mol. The Morgan fingerprint density at radius 2 is 1.80 bits per heavy atom. The van der Waals surface area contributed by atoms with Crippen molar-refractivity contribution in [1.29, 1.82) is 0 Å². The summed E-state index contributed by atoms with van der Waals surface area (Å²) >= 11 is 0. The second-order valence-electron chi connectivity index (χ2n) is 8.68. The number of nitrogens with zero attached hydrogens (tertiary/aromatic N) is 5. The highest BCUT2D eigenvalue weighted by molar-refractivity contribution is 7.88. The van der Waals surface area contributed by atoms with Gasteiger partial charge in [0.15, 0.2) is 0 Å². The second-order valence-corrected chi connectivity index (χ2v) is 10.7. The fourth-order valence-corrected chi connectivity index (χ4v) is 5.08. The van der Waals surface area contributed by atoms with E-state index in [9.17, 15) is 8.42 Å². The number of sulfonamides is 1. The molecule has 9 nitrogen and oxygen atoms in total. The molecule has 5 rings (SSSR count). The molecule has 0 saturated carbocycles. The summed E-state index contributed by atoms with van der Waals surface area (Å²) < 4.78 is 24.9. The van der Waals surface area contributed by atoms with Gasteiger partial charge in [-0.25, -0.2) is 18.4 Å². The van der Waals surface area contributed by atoms with E-state index in [0.717, 1.165) is 53.1 Å². The molecule has 0 unspecified atom stereocenters. The van der Waals surface area contributed by atoms with E-state index >= 15 is 0 Å². The number of nitrogen functional groups attached to an aromatic ring is 1. The lowest BCUT2D eigenvalue weighted by atomic mass is 10.1. The third-order valence-corrected chi connectivity index (χ3v) is 7.49. The SMILES string of the molecule is CS(=O)(=O)N1CCN(Cc2ccc(C=Cc3n[nH]c4cc(-c5ccnc(N)n5)ccc34)cc2)CC1. The third-order valence-electron chi connectivity index (χ3n) is 6.18. The van der Waals surface area contributed by atoms with Crippen molar-refractivity contribution in [2.24, 2.45) is 0 Å². The van der Waals surface area contributed by atoms with Gasteiger partial charge in [-0.15, -0.1) is 0 Å². The maximum atomic E-state index is 11.7. The zero-order chi connectivity index (χ0) is 24.4. The van der Waals surface area contributed by atoms with E-state index in [-0.39, 0.29) is 5.95 Å². The van der Waals surface area contributed by atoms with Crippen LogP contribution in [-0.2, 0) is 16.6 Å². The van der Waals surface area contributed by atoms with Crippen LogP contribution in [0.1, 0.15) is 16.8 Å². The van der Waals surface area contributed by atoms with Gasteiger partial charge in [0, 0.05) is 49.9 Å². The monoisotopic (exact) mass is 489 g/mol. The van der Waals surface area contributed by atoms with Gasteiger partial charge in [-0.05, 0) is 35.4 Å². The lowest BCUT2D eigenvalue weighted by molar-refractivity contribution is 0.182. The maximum absolute atomic E-state index is 11.7. The summed E-state index contributed by atoms with van der Waals surface area (Å²) in [6.07, 6.45) is 6.96. The zero-order valence-electron chi connectivity index (χ0n) is 19.4. The molecule has 2 aromatic carbocycles. The van der Waals surface area contributed by atoms with Crippen LogP contribution in [0.2, 0.25) is 0 Å². The number of aromatic amines is 1. The molecule has 0 bridgehead atoms. The van der Waals surface area contributed by atoms with Crippen LogP contribution < -0.4 is 5.73 Å². The average Bonchev–Trinajstić information content (AvgIpc) is 3.26. The summed E-state index contributed by atoms with van der Waals surface area (Å²) in [7, 11) is -3.10. The van der Waals surface area contributed by atoms with Gasteiger partial charge in [-0.2, -0.15) is 9.40 Å². The van der Waals surface area contributed by atoms with E-state index in [0.29, 0.717) is 13.1 Å². The van der Waals surface area contributed by atoms with Crippen LogP contribution >= 0.6 is 0 Å². The van der Waals surface area contributed by atoms with Crippen molar-refractivity contribution in [3.63, 3.8) is 0 Å². The Bertz CT molecular complexity index is 1470. The first-order valence-corrected chi connectivity index (χ1v) is 13.2. The van der Waals surface area contributed by atoms with Gasteiger partial charge < -0.3 is 5.73 Å².